The van der Waals surface area contributed by atoms with Crippen molar-refractivity contribution in [2.75, 3.05) is 19.6 Å². The third-order valence-electron chi connectivity index (χ3n) is 4.33. The van der Waals surface area contributed by atoms with Crippen molar-refractivity contribution < 1.29 is 9.21 Å². The van der Waals surface area contributed by atoms with Gasteiger partial charge in [0.05, 0.1) is 0 Å². The Balaban J connectivity index is 1.59. The number of hydrogen-bond donors (Lipinski definition) is 2. The molecule has 1 unspecified atom stereocenters. The average molecular weight is 313 g/mol. The van der Waals surface area contributed by atoms with E-state index < -0.39 is 0 Å². The van der Waals surface area contributed by atoms with Crippen LogP contribution in [0.15, 0.2) is 35.1 Å². The molecule has 23 heavy (non-hydrogen) atoms. The number of oxazole rings is 1. The third kappa shape index (κ3) is 3.99. The van der Waals surface area contributed by atoms with Gasteiger partial charge in [-0.05, 0) is 45.2 Å². The summed E-state index contributed by atoms with van der Waals surface area (Å²) in [5, 5.41) is 6.36. The molecule has 1 aromatic heterocycles. The Bertz CT molecular complexity index is 643. The van der Waals surface area contributed by atoms with E-state index in [1.807, 2.05) is 31.2 Å². The Hall–Kier alpha value is -2.14. The summed E-state index contributed by atoms with van der Waals surface area (Å²) in [5.41, 5.74) is 2.39. The van der Waals surface area contributed by atoms with E-state index in [0.717, 1.165) is 25.1 Å². The summed E-state index contributed by atoms with van der Waals surface area (Å²) in [4.78, 5) is 16.4. The summed E-state index contributed by atoms with van der Waals surface area (Å²) < 4.78 is 5.43. The van der Waals surface area contributed by atoms with Gasteiger partial charge in [0.25, 0.3) is 5.91 Å². The molecule has 5 heteroatoms. The highest BCUT2D eigenvalue weighted by atomic mass is 16.3. The molecule has 0 spiro atoms. The molecular weight excluding hydrogens is 290 g/mol. The number of aromatic nitrogens is 1. The van der Waals surface area contributed by atoms with E-state index in [1.165, 1.54) is 24.8 Å². The number of hydrogen-bond acceptors (Lipinski definition) is 4. The molecule has 0 radical (unpaired) electrons. The predicted molar refractivity (Wildman–Crippen MR) is 89.2 cm³/mol. The molecule has 1 aliphatic rings. The van der Waals surface area contributed by atoms with E-state index in [2.05, 4.69) is 15.6 Å². The zero-order chi connectivity index (χ0) is 16.1. The van der Waals surface area contributed by atoms with Gasteiger partial charge >= 0.3 is 0 Å². The molecule has 122 valence electrons. The first kappa shape index (κ1) is 15.7. The predicted octanol–water partition coefficient (Wildman–Crippen LogP) is 2.77. The molecule has 1 amide bonds. The van der Waals surface area contributed by atoms with Crippen molar-refractivity contribution in [1.82, 2.24) is 15.6 Å². The number of carbonyl (C=O) groups excluding carboxylic acids is 1. The van der Waals surface area contributed by atoms with Gasteiger partial charge in [-0.25, -0.2) is 4.98 Å². The van der Waals surface area contributed by atoms with Crippen LogP contribution in [0.5, 0.6) is 0 Å². The smallest absolute Gasteiger partial charge is 0.273 e. The first-order valence-corrected chi connectivity index (χ1v) is 8.23. The van der Waals surface area contributed by atoms with Crippen LogP contribution in [0, 0.1) is 12.8 Å². The number of benzene rings is 1. The highest BCUT2D eigenvalue weighted by Gasteiger charge is 2.19. The third-order valence-corrected chi connectivity index (χ3v) is 4.33. The van der Waals surface area contributed by atoms with Crippen LogP contribution in [-0.2, 0) is 0 Å². The monoisotopic (exact) mass is 313 g/mol. The number of amides is 1. The molecule has 3 rings (SSSR count). The van der Waals surface area contributed by atoms with Gasteiger partial charge in [0.15, 0.2) is 17.8 Å². The number of aryl methyl sites for hydroxylation is 1. The molecule has 2 heterocycles. The lowest BCUT2D eigenvalue weighted by molar-refractivity contribution is 0.0946. The van der Waals surface area contributed by atoms with Gasteiger partial charge in [-0.2, -0.15) is 0 Å². The fraction of sp³-hybridized carbons (Fsp3) is 0.444. The minimum absolute atomic E-state index is 0.168. The Morgan fingerprint density at radius 2 is 2.22 bits per heavy atom. The normalized spacial score (nSPS) is 17.9. The highest BCUT2D eigenvalue weighted by Crippen LogP contribution is 2.23. The minimum atomic E-state index is -0.168. The van der Waals surface area contributed by atoms with Crippen molar-refractivity contribution in [2.24, 2.45) is 5.92 Å². The Labute approximate surface area is 136 Å². The summed E-state index contributed by atoms with van der Waals surface area (Å²) in [6, 6.07) is 7.88. The van der Waals surface area contributed by atoms with Gasteiger partial charge in [0, 0.05) is 12.1 Å². The van der Waals surface area contributed by atoms with Crippen molar-refractivity contribution in [3.63, 3.8) is 0 Å². The second-order valence-electron chi connectivity index (χ2n) is 6.15. The quantitative estimate of drug-likeness (QED) is 0.891. The average Bonchev–Trinajstić information content (AvgIpc) is 3.06. The highest BCUT2D eigenvalue weighted by molar-refractivity contribution is 5.97. The number of rotatable bonds is 5. The van der Waals surface area contributed by atoms with Crippen molar-refractivity contribution in [1.29, 1.82) is 0 Å². The van der Waals surface area contributed by atoms with E-state index >= 15 is 0 Å². The molecule has 2 aromatic rings. The number of carbonyl (C=O) groups is 1. The maximum absolute atomic E-state index is 12.4. The van der Waals surface area contributed by atoms with Gasteiger partial charge in [-0.3, -0.25) is 4.79 Å². The molecule has 2 N–H and O–H groups in total. The summed E-state index contributed by atoms with van der Waals surface area (Å²) in [5.74, 6) is 1.01. The van der Waals surface area contributed by atoms with E-state index in [1.54, 1.807) is 0 Å². The van der Waals surface area contributed by atoms with Crippen LogP contribution in [0.2, 0.25) is 0 Å². The van der Waals surface area contributed by atoms with Crippen LogP contribution in [0.3, 0.4) is 0 Å². The molecule has 1 atom stereocenters. The molecule has 0 saturated carbocycles. The largest absolute Gasteiger partial charge is 0.443 e. The van der Waals surface area contributed by atoms with Crippen molar-refractivity contribution in [3.8, 4) is 11.3 Å². The maximum Gasteiger partial charge on any atom is 0.273 e. The SMILES string of the molecule is Cc1ccc(-c2ocnc2C(=O)NCCC2CCCNC2)cc1. The number of piperidine rings is 1. The van der Waals surface area contributed by atoms with Crippen molar-refractivity contribution in [2.45, 2.75) is 26.2 Å². The van der Waals surface area contributed by atoms with Crippen LogP contribution in [-0.4, -0.2) is 30.5 Å². The van der Waals surface area contributed by atoms with E-state index in [-0.39, 0.29) is 5.91 Å². The standard InChI is InChI=1S/C18H23N3O2/c1-13-4-6-15(7-5-13)17-16(21-12-23-17)18(22)20-10-8-14-3-2-9-19-11-14/h4-7,12,14,19H,2-3,8-11H2,1H3,(H,20,22). The Morgan fingerprint density at radius 1 is 1.39 bits per heavy atom. The summed E-state index contributed by atoms with van der Waals surface area (Å²) in [6.07, 6.45) is 4.78. The van der Waals surface area contributed by atoms with Gasteiger partial charge in [0.2, 0.25) is 0 Å². The van der Waals surface area contributed by atoms with Crippen molar-refractivity contribution >= 4 is 5.91 Å². The molecule has 1 saturated heterocycles. The topological polar surface area (TPSA) is 67.2 Å². The van der Waals surface area contributed by atoms with Gasteiger partial charge in [-0.1, -0.05) is 29.8 Å². The lowest BCUT2D eigenvalue weighted by Crippen LogP contribution is -2.33. The lowest BCUT2D eigenvalue weighted by Gasteiger charge is -2.22. The number of nitrogens with one attached hydrogen (secondary N) is 2. The van der Waals surface area contributed by atoms with Gasteiger partial charge in [-0.15, -0.1) is 0 Å². The van der Waals surface area contributed by atoms with Crippen LogP contribution in [0.25, 0.3) is 11.3 Å². The van der Waals surface area contributed by atoms with E-state index in [4.69, 9.17) is 4.42 Å². The summed E-state index contributed by atoms with van der Waals surface area (Å²) >= 11 is 0. The molecule has 0 aliphatic carbocycles. The molecular formula is C18H23N3O2. The zero-order valence-corrected chi connectivity index (χ0v) is 13.5. The van der Waals surface area contributed by atoms with Crippen molar-refractivity contribution in [3.05, 3.63) is 41.9 Å². The van der Waals surface area contributed by atoms with E-state index in [0.29, 0.717) is 23.9 Å². The maximum atomic E-state index is 12.4. The summed E-state index contributed by atoms with van der Waals surface area (Å²) in [6.45, 7) is 4.86. The van der Waals surface area contributed by atoms with Crippen LogP contribution >= 0.6 is 0 Å². The fourth-order valence-electron chi connectivity index (χ4n) is 2.96. The molecule has 5 nitrogen and oxygen atoms in total. The zero-order valence-electron chi connectivity index (χ0n) is 13.5. The lowest BCUT2D eigenvalue weighted by atomic mass is 9.96. The van der Waals surface area contributed by atoms with Crippen LogP contribution in [0.4, 0.5) is 0 Å². The second-order valence-corrected chi connectivity index (χ2v) is 6.15. The van der Waals surface area contributed by atoms with Crippen LogP contribution in [0.1, 0.15) is 35.3 Å². The molecule has 1 aromatic carbocycles. The first-order chi connectivity index (χ1) is 11.2. The summed E-state index contributed by atoms with van der Waals surface area (Å²) in [7, 11) is 0. The number of nitrogens with zero attached hydrogens (tertiary/aromatic N) is 1. The van der Waals surface area contributed by atoms with Gasteiger partial charge in [0.1, 0.15) is 0 Å². The first-order valence-electron chi connectivity index (χ1n) is 8.23. The van der Waals surface area contributed by atoms with Crippen LogP contribution < -0.4 is 10.6 Å². The Morgan fingerprint density at radius 3 is 2.96 bits per heavy atom. The Kier molecular flexibility index (Phi) is 5.08. The van der Waals surface area contributed by atoms with E-state index in [9.17, 15) is 4.79 Å². The molecule has 0 bridgehead atoms. The molecule has 1 fully saturated rings. The van der Waals surface area contributed by atoms with Gasteiger partial charge < -0.3 is 15.1 Å². The minimum Gasteiger partial charge on any atom is -0.443 e. The second kappa shape index (κ2) is 7.42. The molecule has 1 aliphatic heterocycles. The fourth-order valence-corrected chi connectivity index (χ4v) is 2.96.